The fourth-order valence-electron chi connectivity index (χ4n) is 1.84. The van der Waals surface area contributed by atoms with E-state index in [1.165, 1.54) is 19.3 Å². The molecule has 0 saturated heterocycles. The van der Waals surface area contributed by atoms with Crippen molar-refractivity contribution in [3.63, 3.8) is 0 Å². The summed E-state index contributed by atoms with van der Waals surface area (Å²) in [5.41, 5.74) is 7.18. The van der Waals surface area contributed by atoms with Crippen LogP contribution in [0.25, 0.3) is 0 Å². The first-order valence-electron chi connectivity index (χ1n) is 4.88. The van der Waals surface area contributed by atoms with Crippen LogP contribution in [0, 0.1) is 5.92 Å². The average Bonchev–Trinajstić information content (AvgIpc) is 1.98. The zero-order chi connectivity index (χ0) is 10.1. The number of benzene rings is 1. The van der Waals surface area contributed by atoms with Gasteiger partial charge in [0, 0.05) is 16.1 Å². The molecule has 1 saturated carbocycles. The summed E-state index contributed by atoms with van der Waals surface area (Å²) in [6, 6.07) is 5.66. The molecule has 0 aliphatic heterocycles. The van der Waals surface area contributed by atoms with Gasteiger partial charge in [-0.15, -0.1) is 12.4 Å². The highest BCUT2D eigenvalue weighted by atomic mass is 35.5. The molecule has 0 radical (unpaired) electrons. The van der Waals surface area contributed by atoms with Gasteiger partial charge in [-0.1, -0.05) is 29.6 Å². The van der Waals surface area contributed by atoms with Gasteiger partial charge in [0.2, 0.25) is 0 Å². The van der Waals surface area contributed by atoms with E-state index in [1.54, 1.807) is 6.07 Å². The molecule has 2 rings (SSSR count). The summed E-state index contributed by atoms with van der Waals surface area (Å²) in [4.78, 5) is 0. The van der Waals surface area contributed by atoms with E-state index in [1.807, 2.05) is 12.1 Å². The minimum Gasteiger partial charge on any atom is -0.324 e. The van der Waals surface area contributed by atoms with Gasteiger partial charge in [0.15, 0.2) is 0 Å². The van der Waals surface area contributed by atoms with Crippen LogP contribution < -0.4 is 5.73 Å². The van der Waals surface area contributed by atoms with Gasteiger partial charge >= 0.3 is 0 Å². The van der Waals surface area contributed by atoms with Crippen LogP contribution in [0.2, 0.25) is 10.0 Å². The zero-order valence-electron chi connectivity index (χ0n) is 8.25. The number of hydrogen-bond donors (Lipinski definition) is 1. The smallest absolute Gasteiger partial charge is 0.0424 e. The van der Waals surface area contributed by atoms with Crippen LogP contribution >= 0.6 is 35.6 Å². The molecule has 0 aromatic heterocycles. The summed E-state index contributed by atoms with van der Waals surface area (Å²) in [6.07, 6.45) is 3.75. The molecule has 1 aromatic rings. The van der Waals surface area contributed by atoms with E-state index in [-0.39, 0.29) is 18.4 Å². The van der Waals surface area contributed by atoms with Crippen molar-refractivity contribution in [3.8, 4) is 0 Å². The lowest BCUT2D eigenvalue weighted by molar-refractivity contribution is 0.264. The second kappa shape index (κ2) is 5.40. The second-order valence-corrected chi connectivity index (χ2v) is 4.79. The number of hydrogen-bond acceptors (Lipinski definition) is 1. The Kier molecular flexibility index (Phi) is 4.72. The van der Waals surface area contributed by atoms with Crippen molar-refractivity contribution in [2.75, 3.05) is 0 Å². The van der Waals surface area contributed by atoms with Crippen molar-refractivity contribution in [1.29, 1.82) is 0 Å². The molecule has 0 spiro atoms. The Morgan fingerprint density at radius 1 is 1.13 bits per heavy atom. The van der Waals surface area contributed by atoms with Crippen molar-refractivity contribution in [1.82, 2.24) is 0 Å². The van der Waals surface area contributed by atoms with E-state index >= 15 is 0 Å². The molecule has 0 heterocycles. The molecule has 1 aliphatic carbocycles. The lowest BCUT2D eigenvalue weighted by Gasteiger charge is -2.31. The van der Waals surface area contributed by atoms with Crippen molar-refractivity contribution >= 4 is 35.6 Å². The summed E-state index contributed by atoms with van der Waals surface area (Å²) in [6.45, 7) is 0. The molecule has 0 bridgehead atoms. The monoisotopic (exact) mass is 265 g/mol. The van der Waals surface area contributed by atoms with Gasteiger partial charge in [-0.2, -0.15) is 0 Å². The largest absolute Gasteiger partial charge is 0.324 e. The van der Waals surface area contributed by atoms with Crippen LogP contribution in [-0.2, 0) is 0 Å². The Morgan fingerprint density at radius 3 is 2.07 bits per heavy atom. The van der Waals surface area contributed by atoms with E-state index in [0.29, 0.717) is 16.0 Å². The van der Waals surface area contributed by atoms with E-state index in [4.69, 9.17) is 28.9 Å². The third-order valence-corrected chi connectivity index (χ3v) is 3.36. The van der Waals surface area contributed by atoms with Crippen LogP contribution in [0.15, 0.2) is 18.2 Å². The zero-order valence-corrected chi connectivity index (χ0v) is 10.6. The molecule has 0 unspecified atom stereocenters. The minimum atomic E-state index is 0. The van der Waals surface area contributed by atoms with Crippen LogP contribution in [0.1, 0.15) is 30.9 Å². The maximum absolute atomic E-state index is 6.12. The molecule has 1 aliphatic rings. The highest BCUT2D eigenvalue weighted by Gasteiger charge is 2.25. The lowest BCUT2D eigenvalue weighted by Crippen LogP contribution is -2.26. The Labute approximate surface area is 106 Å². The molecular weight excluding hydrogens is 252 g/mol. The minimum absolute atomic E-state index is 0. The fraction of sp³-hybridized carbons (Fsp3) is 0.455. The number of rotatable bonds is 2. The highest BCUT2D eigenvalue weighted by molar-refractivity contribution is 6.34. The van der Waals surface area contributed by atoms with Gasteiger partial charge in [-0.05, 0) is 42.5 Å². The summed E-state index contributed by atoms with van der Waals surface area (Å²) in [7, 11) is 0. The summed E-state index contributed by atoms with van der Waals surface area (Å²) in [5.74, 6) is 0.615. The number of nitrogens with two attached hydrogens (primary N) is 1. The number of halogens is 3. The Hall–Kier alpha value is 0.0500. The van der Waals surface area contributed by atoms with Crippen LogP contribution in [0.5, 0.6) is 0 Å². The Balaban J connectivity index is 0.00000112. The van der Waals surface area contributed by atoms with Crippen LogP contribution in [0.3, 0.4) is 0 Å². The van der Waals surface area contributed by atoms with Gasteiger partial charge < -0.3 is 5.73 Å². The molecule has 1 fully saturated rings. The maximum Gasteiger partial charge on any atom is 0.0424 e. The van der Waals surface area contributed by atoms with Crippen molar-refractivity contribution in [3.05, 3.63) is 33.8 Å². The normalized spacial score (nSPS) is 17.8. The molecule has 1 nitrogen and oxygen atoms in total. The van der Waals surface area contributed by atoms with Gasteiger partial charge in [-0.25, -0.2) is 0 Å². The van der Waals surface area contributed by atoms with Crippen molar-refractivity contribution < 1.29 is 0 Å². The highest BCUT2D eigenvalue weighted by Crippen LogP contribution is 2.37. The maximum atomic E-state index is 6.12. The Bertz CT molecular complexity index is 316. The SMILES string of the molecule is Cl.N[C@@H](c1cc(Cl)cc(Cl)c1)C1CCC1. The topological polar surface area (TPSA) is 26.0 Å². The molecule has 15 heavy (non-hydrogen) atoms. The van der Waals surface area contributed by atoms with E-state index < -0.39 is 0 Å². The van der Waals surface area contributed by atoms with E-state index in [2.05, 4.69) is 0 Å². The fourth-order valence-corrected chi connectivity index (χ4v) is 2.38. The molecule has 2 N–H and O–H groups in total. The summed E-state index contributed by atoms with van der Waals surface area (Å²) < 4.78 is 0. The Morgan fingerprint density at radius 2 is 1.67 bits per heavy atom. The molecule has 0 amide bonds. The van der Waals surface area contributed by atoms with Crippen molar-refractivity contribution in [2.45, 2.75) is 25.3 Å². The average molecular weight is 267 g/mol. The standard InChI is InChI=1S/C11H13Cl2N.ClH/c12-9-4-8(5-10(13)6-9)11(14)7-2-1-3-7;/h4-7,11H,1-3,14H2;1H/t11-;/m1./s1. The quantitative estimate of drug-likeness (QED) is 0.852. The molecule has 4 heteroatoms. The molecule has 1 atom stereocenters. The lowest BCUT2D eigenvalue weighted by atomic mass is 9.78. The van der Waals surface area contributed by atoms with Gasteiger partial charge in [-0.3, -0.25) is 0 Å². The molecule has 1 aromatic carbocycles. The first-order chi connectivity index (χ1) is 6.66. The van der Waals surface area contributed by atoms with Crippen LogP contribution in [0.4, 0.5) is 0 Å². The molecule has 84 valence electrons. The van der Waals surface area contributed by atoms with Crippen LogP contribution in [-0.4, -0.2) is 0 Å². The predicted octanol–water partition coefficient (Wildman–Crippen LogP) is 4.22. The second-order valence-electron chi connectivity index (χ2n) is 3.92. The summed E-state index contributed by atoms with van der Waals surface area (Å²) in [5, 5.41) is 1.34. The van der Waals surface area contributed by atoms with Gasteiger partial charge in [0.25, 0.3) is 0 Å². The molecular formula is C11H14Cl3N. The first kappa shape index (κ1) is 13.1. The third kappa shape index (κ3) is 3.01. The van der Waals surface area contributed by atoms with E-state index in [9.17, 15) is 0 Å². The van der Waals surface area contributed by atoms with E-state index in [0.717, 1.165) is 5.56 Å². The first-order valence-corrected chi connectivity index (χ1v) is 5.64. The third-order valence-electron chi connectivity index (χ3n) is 2.93. The summed E-state index contributed by atoms with van der Waals surface area (Å²) >= 11 is 11.8. The predicted molar refractivity (Wildman–Crippen MR) is 68.0 cm³/mol. The van der Waals surface area contributed by atoms with Gasteiger partial charge in [0.05, 0.1) is 0 Å². The van der Waals surface area contributed by atoms with Crippen molar-refractivity contribution in [2.24, 2.45) is 11.7 Å². The van der Waals surface area contributed by atoms with Gasteiger partial charge in [0.1, 0.15) is 0 Å².